The molecule has 0 fully saturated rings. The number of benzene rings is 3. The van der Waals surface area contributed by atoms with Crippen molar-refractivity contribution in [2.24, 2.45) is 0 Å². The number of amides is 2. The smallest absolute Gasteiger partial charge is 0.243 e. The molecule has 9 heteroatoms. The van der Waals surface area contributed by atoms with Crippen LogP contribution in [0.5, 0.6) is 0 Å². The van der Waals surface area contributed by atoms with E-state index in [0.29, 0.717) is 17.1 Å². The van der Waals surface area contributed by atoms with E-state index < -0.39 is 28.5 Å². The number of unbranched alkanes of at least 4 members (excludes halogenated alkanes) is 1. The fourth-order valence-electron chi connectivity index (χ4n) is 3.80. The van der Waals surface area contributed by atoms with Gasteiger partial charge in [-0.05, 0) is 47.9 Å². The lowest BCUT2D eigenvalue weighted by molar-refractivity contribution is -0.140. The maximum absolute atomic E-state index is 13.4. The summed E-state index contributed by atoms with van der Waals surface area (Å²) in [5, 5.41) is 5.02. The van der Waals surface area contributed by atoms with Crippen molar-refractivity contribution < 1.29 is 18.0 Å². The summed E-state index contributed by atoms with van der Waals surface area (Å²) in [4.78, 5) is 27.7. The number of rotatable bonds is 11. The lowest BCUT2D eigenvalue weighted by Gasteiger charge is -2.30. The van der Waals surface area contributed by atoms with Gasteiger partial charge in [0.1, 0.15) is 6.04 Å². The summed E-state index contributed by atoms with van der Waals surface area (Å²) < 4.78 is 27.6. The van der Waals surface area contributed by atoms with Crippen molar-refractivity contribution in [2.75, 3.05) is 20.1 Å². The predicted octanol–water partition coefficient (Wildman–Crippen LogP) is 4.45. The molecule has 1 atom stereocenters. The van der Waals surface area contributed by atoms with E-state index in [0.717, 1.165) is 27.9 Å². The minimum Gasteiger partial charge on any atom is -0.354 e. The Morgan fingerprint density at radius 1 is 1.00 bits per heavy atom. The molecule has 0 aliphatic carbocycles. The number of carbonyl (C=O) groups is 2. The molecule has 36 heavy (non-hydrogen) atoms. The zero-order valence-corrected chi connectivity index (χ0v) is 22.3. The fraction of sp³-hybridized carbons (Fsp3) is 0.333. The molecular formula is C27H32ClN3O4S. The van der Waals surface area contributed by atoms with E-state index in [1.54, 1.807) is 43.3 Å². The second kappa shape index (κ2) is 12.3. The molecular weight excluding hydrogens is 498 g/mol. The van der Waals surface area contributed by atoms with Crippen LogP contribution in [0.15, 0.2) is 71.6 Å². The third kappa shape index (κ3) is 6.63. The molecule has 1 N–H and O–H groups in total. The first kappa shape index (κ1) is 27.6. The van der Waals surface area contributed by atoms with Crippen molar-refractivity contribution in [3.8, 4) is 0 Å². The average molecular weight is 530 g/mol. The number of fused-ring (bicyclic) bond motifs is 1. The molecule has 0 aromatic heterocycles. The number of halogens is 1. The van der Waals surface area contributed by atoms with Crippen LogP contribution in [-0.2, 0) is 26.2 Å². The van der Waals surface area contributed by atoms with Gasteiger partial charge in [-0.25, -0.2) is 8.42 Å². The van der Waals surface area contributed by atoms with E-state index in [1.807, 2.05) is 31.2 Å². The number of sulfonamides is 1. The Balaban J connectivity index is 1.83. The molecule has 0 saturated heterocycles. The van der Waals surface area contributed by atoms with E-state index in [-0.39, 0.29) is 17.3 Å². The minimum absolute atomic E-state index is 0.0741. The third-order valence-electron chi connectivity index (χ3n) is 6.08. The molecule has 3 aromatic rings. The number of hydrogen-bond donors (Lipinski definition) is 1. The van der Waals surface area contributed by atoms with Crippen LogP contribution in [0, 0.1) is 0 Å². The van der Waals surface area contributed by atoms with E-state index in [2.05, 4.69) is 5.32 Å². The Morgan fingerprint density at radius 3 is 2.36 bits per heavy atom. The van der Waals surface area contributed by atoms with Crippen molar-refractivity contribution in [1.29, 1.82) is 0 Å². The summed E-state index contributed by atoms with van der Waals surface area (Å²) in [5.41, 5.74) is 0.667. The largest absolute Gasteiger partial charge is 0.354 e. The summed E-state index contributed by atoms with van der Waals surface area (Å²) >= 11 is 6.32. The molecule has 0 spiro atoms. The SMILES string of the molecule is CCCCNC(=O)C(C)N(Cc1ccccc1Cl)C(=O)CN(C)S(=O)(=O)c1ccc2ccccc2c1. The highest BCUT2D eigenvalue weighted by Crippen LogP contribution is 2.22. The normalized spacial score (nSPS) is 12.5. The molecule has 0 aliphatic heterocycles. The predicted molar refractivity (Wildman–Crippen MR) is 143 cm³/mol. The maximum atomic E-state index is 13.4. The average Bonchev–Trinajstić information content (AvgIpc) is 2.87. The topological polar surface area (TPSA) is 86.8 Å². The standard InChI is InChI=1S/C27H32ClN3O4S/c1-4-5-16-29-27(33)20(2)31(18-23-12-8-9-13-25(23)28)26(32)19-30(3)36(34,35)24-15-14-21-10-6-7-11-22(21)17-24/h6-15,17,20H,4-5,16,18-19H2,1-3H3,(H,29,33). The van der Waals surface area contributed by atoms with Crippen LogP contribution in [0.25, 0.3) is 10.8 Å². The second-order valence-corrected chi connectivity index (χ2v) is 11.2. The lowest BCUT2D eigenvalue weighted by Crippen LogP contribution is -2.50. The van der Waals surface area contributed by atoms with Crippen LogP contribution in [-0.4, -0.2) is 55.6 Å². The van der Waals surface area contributed by atoms with Crippen molar-refractivity contribution in [3.05, 3.63) is 77.3 Å². The highest BCUT2D eigenvalue weighted by molar-refractivity contribution is 7.89. The number of nitrogens with zero attached hydrogens (tertiary/aromatic N) is 2. The monoisotopic (exact) mass is 529 g/mol. The molecule has 0 bridgehead atoms. The number of hydrogen-bond acceptors (Lipinski definition) is 4. The molecule has 0 saturated carbocycles. The molecule has 192 valence electrons. The number of likely N-dealkylation sites (N-methyl/N-ethyl adjacent to an activating group) is 1. The molecule has 1 unspecified atom stereocenters. The zero-order chi connectivity index (χ0) is 26.3. The van der Waals surface area contributed by atoms with Gasteiger partial charge in [-0.2, -0.15) is 4.31 Å². The van der Waals surface area contributed by atoms with Gasteiger partial charge in [-0.15, -0.1) is 0 Å². The third-order valence-corrected chi connectivity index (χ3v) is 8.25. The van der Waals surface area contributed by atoms with Gasteiger partial charge in [0.05, 0.1) is 11.4 Å². The van der Waals surface area contributed by atoms with Crippen molar-refractivity contribution in [2.45, 2.75) is 44.2 Å². The second-order valence-electron chi connectivity index (χ2n) is 8.70. The van der Waals surface area contributed by atoms with Gasteiger partial charge in [0.15, 0.2) is 0 Å². The molecule has 0 aliphatic rings. The maximum Gasteiger partial charge on any atom is 0.243 e. The van der Waals surface area contributed by atoms with Gasteiger partial charge >= 0.3 is 0 Å². The van der Waals surface area contributed by atoms with Gasteiger partial charge in [0.2, 0.25) is 21.8 Å². The Labute approximate surface area is 218 Å². The van der Waals surface area contributed by atoms with Crippen molar-refractivity contribution in [1.82, 2.24) is 14.5 Å². The molecule has 3 aromatic carbocycles. The summed E-state index contributed by atoms with van der Waals surface area (Å²) in [6, 6.07) is 18.6. The van der Waals surface area contributed by atoms with Gasteiger partial charge in [-0.3, -0.25) is 9.59 Å². The van der Waals surface area contributed by atoms with Crippen LogP contribution in [0.4, 0.5) is 0 Å². The molecule has 7 nitrogen and oxygen atoms in total. The Hall–Kier alpha value is -2.94. The van der Waals surface area contributed by atoms with Crippen molar-refractivity contribution in [3.63, 3.8) is 0 Å². The summed E-state index contributed by atoms with van der Waals surface area (Å²) in [7, 11) is -2.58. The molecule has 0 heterocycles. The fourth-order valence-corrected chi connectivity index (χ4v) is 5.15. The quantitative estimate of drug-likeness (QED) is 0.372. The zero-order valence-electron chi connectivity index (χ0n) is 20.8. The van der Waals surface area contributed by atoms with E-state index in [9.17, 15) is 18.0 Å². The summed E-state index contributed by atoms with van der Waals surface area (Å²) in [6.07, 6.45) is 1.75. The number of carbonyl (C=O) groups excluding carboxylic acids is 2. The summed E-state index contributed by atoms with van der Waals surface area (Å²) in [5.74, 6) is -0.802. The van der Waals surface area contributed by atoms with Crippen LogP contribution < -0.4 is 5.32 Å². The first-order valence-corrected chi connectivity index (χ1v) is 13.7. The number of nitrogens with one attached hydrogen (secondary N) is 1. The van der Waals surface area contributed by atoms with Gasteiger partial charge < -0.3 is 10.2 Å². The van der Waals surface area contributed by atoms with E-state index in [1.165, 1.54) is 18.0 Å². The van der Waals surface area contributed by atoms with Crippen LogP contribution >= 0.6 is 11.6 Å². The molecule has 3 rings (SSSR count). The van der Waals surface area contributed by atoms with E-state index in [4.69, 9.17) is 11.6 Å². The van der Waals surface area contributed by atoms with Crippen LogP contribution in [0.1, 0.15) is 32.3 Å². The van der Waals surface area contributed by atoms with Crippen LogP contribution in [0.2, 0.25) is 5.02 Å². The first-order valence-electron chi connectivity index (χ1n) is 11.9. The van der Waals surface area contributed by atoms with Crippen LogP contribution in [0.3, 0.4) is 0 Å². The molecule has 0 radical (unpaired) electrons. The highest BCUT2D eigenvalue weighted by Gasteiger charge is 2.30. The Bertz CT molecular complexity index is 1330. The summed E-state index contributed by atoms with van der Waals surface area (Å²) in [6.45, 7) is 3.81. The van der Waals surface area contributed by atoms with Gasteiger partial charge in [0.25, 0.3) is 0 Å². The van der Waals surface area contributed by atoms with Crippen molar-refractivity contribution >= 4 is 44.2 Å². The minimum atomic E-state index is -3.94. The molecule has 2 amide bonds. The Morgan fingerprint density at radius 2 is 1.67 bits per heavy atom. The van der Waals surface area contributed by atoms with Gasteiger partial charge in [-0.1, -0.05) is 73.5 Å². The van der Waals surface area contributed by atoms with Gasteiger partial charge in [0, 0.05) is 25.2 Å². The van der Waals surface area contributed by atoms with E-state index >= 15 is 0 Å². The lowest BCUT2D eigenvalue weighted by atomic mass is 10.1. The Kier molecular flexibility index (Phi) is 9.48. The highest BCUT2D eigenvalue weighted by atomic mass is 35.5. The first-order chi connectivity index (χ1) is 17.1.